The molecule has 56 valence electrons. The van der Waals surface area contributed by atoms with Crippen LogP contribution in [0.1, 0.15) is 23.3 Å². The van der Waals surface area contributed by atoms with Crippen LogP contribution < -0.4 is 0 Å². The number of aliphatic hydroxyl groups excluding tert-OH is 1. The van der Waals surface area contributed by atoms with Gasteiger partial charge in [-0.25, -0.2) is 0 Å². The van der Waals surface area contributed by atoms with E-state index < -0.39 is 0 Å². The van der Waals surface area contributed by atoms with E-state index in [-0.39, 0.29) is 18.3 Å². The average Bonchev–Trinajstić information content (AvgIpc) is 2.78. The lowest BCUT2D eigenvalue weighted by atomic mass is 10.1. The van der Waals surface area contributed by atoms with E-state index in [1.807, 2.05) is 24.3 Å². The Balaban J connectivity index is 2.22. The van der Waals surface area contributed by atoms with Crippen LogP contribution in [0.2, 0.25) is 0 Å². The van der Waals surface area contributed by atoms with E-state index in [2.05, 4.69) is 0 Å². The molecule has 1 fully saturated rings. The topological polar surface area (TPSA) is 32.8 Å². The number of hydrogen-bond donors (Lipinski definition) is 1. The number of hydrogen-bond acceptors (Lipinski definition) is 2. The molecule has 11 heavy (non-hydrogen) atoms. The fourth-order valence-electron chi connectivity index (χ4n) is 1.83. The van der Waals surface area contributed by atoms with Gasteiger partial charge in [-0.15, -0.1) is 0 Å². The van der Waals surface area contributed by atoms with Crippen LogP contribution in [-0.2, 0) is 4.74 Å². The first-order valence-electron chi connectivity index (χ1n) is 3.80. The zero-order valence-electron chi connectivity index (χ0n) is 5.90. The van der Waals surface area contributed by atoms with Crippen LogP contribution in [0.25, 0.3) is 0 Å². The molecule has 0 radical (unpaired) electrons. The zero-order chi connectivity index (χ0) is 7.42. The molecular formula is C9H8O2. The minimum absolute atomic E-state index is 0.0624. The van der Waals surface area contributed by atoms with Gasteiger partial charge in [-0.05, 0) is 11.1 Å². The molecule has 2 nitrogen and oxygen atoms in total. The van der Waals surface area contributed by atoms with E-state index in [1.165, 1.54) is 5.56 Å². The summed E-state index contributed by atoms with van der Waals surface area (Å²) < 4.78 is 5.24. The lowest BCUT2D eigenvalue weighted by Crippen LogP contribution is -1.99. The molecule has 3 rings (SSSR count). The lowest BCUT2D eigenvalue weighted by Gasteiger charge is -2.05. The maximum atomic E-state index is 9.57. The van der Waals surface area contributed by atoms with Crippen LogP contribution in [0, 0.1) is 0 Å². The predicted molar refractivity (Wildman–Crippen MR) is 39.0 cm³/mol. The van der Waals surface area contributed by atoms with Gasteiger partial charge in [0.1, 0.15) is 18.3 Å². The minimum Gasteiger partial charge on any atom is -0.386 e. The third-order valence-corrected chi connectivity index (χ3v) is 2.46. The van der Waals surface area contributed by atoms with Crippen molar-refractivity contribution in [2.75, 3.05) is 0 Å². The molecule has 2 heteroatoms. The molecule has 2 aliphatic rings. The van der Waals surface area contributed by atoms with Crippen molar-refractivity contribution in [3.05, 3.63) is 35.4 Å². The highest BCUT2D eigenvalue weighted by atomic mass is 16.6. The Morgan fingerprint density at radius 3 is 2.64 bits per heavy atom. The van der Waals surface area contributed by atoms with Crippen LogP contribution in [0.15, 0.2) is 24.3 Å². The normalized spacial score (nSPS) is 38.1. The van der Waals surface area contributed by atoms with E-state index in [9.17, 15) is 5.11 Å². The smallest absolute Gasteiger partial charge is 0.119 e. The summed E-state index contributed by atoms with van der Waals surface area (Å²) in [4.78, 5) is 0. The molecule has 0 spiro atoms. The van der Waals surface area contributed by atoms with Crippen LogP contribution >= 0.6 is 0 Å². The van der Waals surface area contributed by atoms with E-state index >= 15 is 0 Å². The Labute approximate surface area is 64.4 Å². The van der Waals surface area contributed by atoms with Gasteiger partial charge in [0.15, 0.2) is 0 Å². The van der Waals surface area contributed by atoms with Crippen molar-refractivity contribution in [2.45, 2.75) is 18.3 Å². The fourth-order valence-corrected chi connectivity index (χ4v) is 1.83. The summed E-state index contributed by atoms with van der Waals surface area (Å²) in [6, 6.07) is 7.92. The molecule has 1 heterocycles. The number of aliphatic hydroxyl groups is 1. The molecule has 1 aliphatic heterocycles. The summed E-state index contributed by atoms with van der Waals surface area (Å²) >= 11 is 0. The maximum absolute atomic E-state index is 9.57. The average molecular weight is 148 g/mol. The fraction of sp³-hybridized carbons (Fsp3) is 0.333. The first-order chi connectivity index (χ1) is 5.38. The van der Waals surface area contributed by atoms with Crippen LogP contribution in [0.4, 0.5) is 0 Å². The zero-order valence-corrected chi connectivity index (χ0v) is 5.90. The van der Waals surface area contributed by atoms with Crippen molar-refractivity contribution in [3.63, 3.8) is 0 Å². The van der Waals surface area contributed by atoms with Gasteiger partial charge in [0.05, 0.1) is 0 Å². The second kappa shape index (κ2) is 1.65. The first-order valence-corrected chi connectivity index (χ1v) is 3.80. The monoisotopic (exact) mass is 148 g/mol. The quantitative estimate of drug-likeness (QED) is 0.560. The SMILES string of the molecule is O[C@H]1c2ccccc2[C@@H]2O[C@H]12. The predicted octanol–water partition coefficient (Wildman–Crippen LogP) is 1.17. The number of rotatable bonds is 0. The Kier molecular flexibility index (Phi) is 0.864. The van der Waals surface area contributed by atoms with Gasteiger partial charge in [-0.1, -0.05) is 24.3 Å². The van der Waals surface area contributed by atoms with Crippen molar-refractivity contribution < 1.29 is 9.84 Å². The molecule has 1 N–H and O–H groups in total. The van der Waals surface area contributed by atoms with Gasteiger partial charge in [0.2, 0.25) is 0 Å². The molecule has 1 saturated heterocycles. The second-order valence-corrected chi connectivity index (χ2v) is 3.10. The van der Waals surface area contributed by atoms with Crippen LogP contribution in [-0.4, -0.2) is 11.2 Å². The summed E-state index contributed by atoms with van der Waals surface area (Å²) in [7, 11) is 0. The summed E-state index contributed by atoms with van der Waals surface area (Å²) in [5.74, 6) is 0. The van der Waals surface area contributed by atoms with Crippen molar-refractivity contribution in [3.8, 4) is 0 Å². The van der Waals surface area contributed by atoms with Gasteiger partial charge in [0, 0.05) is 0 Å². The molecule has 1 aromatic carbocycles. The third-order valence-electron chi connectivity index (χ3n) is 2.46. The molecule has 0 bridgehead atoms. The molecule has 0 amide bonds. The summed E-state index contributed by atoms with van der Waals surface area (Å²) in [5.41, 5.74) is 2.22. The number of epoxide rings is 1. The Bertz CT molecular complexity index is 293. The van der Waals surface area contributed by atoms with E-state index in [1.54, 1.807) is 0 Å². The summed E-state index contributed by atoms with van der Waals surface area (Å²) in [6.07, 6.45) is -0.121. The van der Waals surface area contributed by atoms with E-state index in [4.69, 9.17) is 4.74 Å². The van der Waals surface area contributed by atoms with E-state index in [0.29, 0.717) is 0 Å². The van der Waals surface area contributed by atoms with Gasteiger partial charge < -0.3 is 9.84 Å². The van der Waals surface area contributed by atoms with Gasteiger partial charge in [-0.2, -0.15) is 0 Å². The number of fused-ring (bicyclic) bond motifs is 3. The molecule has 1 aliphatic carbocycles. The lowest BCUT2D eigenvalue weighted by molar-refractivity contribution is 0.134. The molecule has 1 aromatic rings. The molecular weight excluding hydrogens is 140 g/mol. The summed E-state index contributed by atoms with van der Waals surface area (Å²) in [6.45, 7) is 0. The highest BCUT2D eigenvalue weighted by molar-refractivity contribution is 5.41. The second-order valence-electron chi connectivity index (χ2n) is 3.10. The van der Waals surface area contributed by atoms with Crippen molar-refractivity contribution in [2.24, 2.45) is 0 Å². The highest BCUT2D eigenvalue weighted by Gasteiger charge is 2.53. The van der Waals surface area contributed by atoms with Crippen molar-refractivity contribution in [1.29, 1.82) is 0 Å². The van der Waals surface area contributed by atoms with Crippen molar-refractivity contribution in [1.82, 2.24) is 0 Å². The largest absolute Gasteiger partial charge is 0.386 e. The standard InChI is InChI=1S/C9H8O2/c10-7-5-3-1-2-4-6(5)8-9(7)11-8/h1-4,7-10H/t7-,8-,9+/m0/s1. The third kappa shape index (κ3) is 0.588. The Morgan fingerprint density at radius 1 is 1.18 bits per heavy atom. The first kappa shape index (κ1) is 5.75. The molecule has 0 unspecified atom stereocenters. The van der Waals surface area contributed by atoms with Gasteiger partial charge in [-0.3, -0.25) is 0 Å². The van der Waals surface area contributed by atoms with Gasteiger partial charge >= 0.3 is 0 Å². The van der Waals surface area contributed by atoms with Crippen LogP contribution in [0.3, 0.4) is 0 Å². The number of ether oxygens (including phenoxy) is 1. The van der Waals surface area contributed by atoms with E-state index in [0.717, 1.165) is 5.56 Å². The van der Waals surface area contributed by atoms with Crippen LogP contribution in [0.5, 0.6) is 0 Å². The Hall–Kier alpha value is -0.860. The minimum atomic E-state index is -0.379. The Morgan fingerprint density at radius 2 is 1.91 bits per heavy atom. The maximum Gasteiger partial charge on any atom is 0.119 e. The molecule has 0 aromatic heterocycles. The van der Waals surface area contributed by atoms with Gasteiger partial charge in [0.25, 0.3) is 0 Å². The highest BCUT2D eigenvalue weighted by Crippen LogP contribution is 2.54. The molecule has 0 saturated carbocycles. The van der Waals surface area contributed by atoms with Crippen molar-refractivity contribution >= 4 is 0 Å². The number of benzene rings is 1. The molecule has 3 atom stereocenters. The summed E-state index contributed by atoms with van der Waals surface area (Å²) in [5, 5.41) is 9.57.